The summed E-state index contributed by atoms with van der Waals surface area (Å²) in [5, 5.41) is 23.1. The highest BCUT2D eigenvalue weighted by atomic mass is 79.9. The van der Waals surface area contributed by atoms with Crippen LogP contribution < -0.4 is 74.0 Å². The van der Waals surface area contributed by atoms with Gasteiger partial charge in [-0.3, -0.25) is 0 Å². The molecule has 0 bridgehead atoms. The van der Waals surface area contributed by atoms with Gasteiger partial charge in [-0.15, -0.1) is 0 Å². The average molecular weight is 1790 g/mol. The molecule has 584 valence electrons. The molecular formula is C80H66Br2Cl6FN15O10. The monoisotopic (exact) mass is 1780 g/mol. The first-order chi connectivity index (χ1) is 55.2. The van der Waals surface area contributed by atoms with Gasteiger partial charge in [0.2, 0.25) is 0 Å². The Morgan fingerprint density at radius 1 is 0.263 bits per heavy atom. The maximum absolute atomic E-state index is 14.0. The molecule has 34 heteroatoms. The topological polar surface area (TPSA) is 281 Å². The summed E-state index contributed by atoms with van der Waals surface area (Å²) in [6, 6.07) is 46.4. The third kappa shape index (κ3) is 20.5. The highest BCUT2D eigenvalue weighted by molar-refractivity contribution is 9.10. The van der Waals surface area contributed by atoms with Gasteiger partial charge in [0.25, 0.3) is 0 Å². The second-order valence-corrected chi connectivity index (χ2v) is 27.6. The zero-order valence-corrected chi connectivity index (χ0v) is 69.6. The predicted octanol–water partition coefficient (Wildman–Crippen LogP) is 22.5. The molecular weight excluding hydrogens is 1720 g/mol. The van der Waals surface area contributed by atoms with Crippen LogP contribution in [0.2, 0.25) is 30.1 Å². The standard InChI is InChI=1S/2C16H13BrClN3O2.C16H13Cl2N3O2.C16H13ClFN3O2.C16H14ClN3O2/c1-22-14-6-10-13(7-15(14)23-2)19-8-20-16(10)21-9-3-4-12(18)11(17)5-9;2*1-22-14-6-10-13(7-15(14)23-2)19-8-20-16(10)21-9-3-4-11(17)12(18)5-9;1-22-14-6-10-13(7-15(14)23-2)19-8-20-16(10)21-12-4-3-9(17)5-11(12)18;1-21-14-7-12-13(8-15(14)22-2)18-9-19-16(12)20-11-5-3-4-10(17)6-11/h4*3-8H,1-2H3,(H,19,20,21);3-9H,1-2H3,(H,18,19,20). The minimum absolute atomic E-state index is 0.268. The molecule has 0 radical (unpaired) electrons. The number of nitrogens with one attached hydrogen (secondary N) is 5. The van der Waals surface area contributed by atoms with Crippen molar-refractivity contribution < 1.29 is 51.8 Å². The lowest BCUT2D eigenvalue weighted by Crippen LogP contribution is -1.99. The van der Waals surface area contributed by atoms with Crippen LogP contribution in [0.1, 0.15) is 0 Å². The number of aromatic nitrogens is 10. The summed E-state index contributed by atoms with van der Waals surface area (Å²) in [6.45, 7) is 0. The van der Waals surface area contributed by atoms with Crippen molar-refractivity contribution in [3.05, 3.63) is 234 Å². The van der Waals surface area contributed by atoms with Gasteiger partial charge in [0, 0.05) is 99.0 Å². The summed E-state index contributed by atoms with van der Waals surface area (Å²) >= 11 is 42.7. The van der Waals surface area contributed by atoms with Crippen molar-refractivity contribution in [3.63, 3.8) is 0 Å². The Balaban J connectivity index is 0.000000141. The second kappa shape index (κ2) is 39.3. The van der Waals surface area contributed by atoms with Gasteiger partial charge in [0.1, 0.15) is 66.5 Å². The fourth-order valence-corrected chi connectivity index (χ4v) is 12.5. The quantitative estimate of drug-likeness (QED) is 0.0474. The van der Waals surface area contributed by atoms with E-state index in [1.165, 1.54) is 37.7 Å². The van der Waals surface area contributed by atoms with E-state index in [9.17, 15) is 4.39 Å². The number of hydrogen-bond acceptors (Lipinski definition) is 25. The van der Waals surface area contributed by atoms with Gasteiger partial charge in [0.15, 0.2) is 57.5 Å². The first-order valence-electron chi connectivity index (χ1n) is 33.4. The van der Waals surface area contributed by atoms with E-state index in [0.717, 1.165) is 75.3 Å². The van der Waals surface area contributed by atoms with Gasteiger partial charge >= 0.3 is 0 Å². The molecule has 114 heavy (non-hydrogen) atoms. The van der Waals surface area contributed by atoms with Gasteiger partial charge in [0.05, 0.1) is 124 Å². The van der Waals surface area contributed by atoms with Crippen LogP contribution in [0.5, 0.6) is 57.5 Å². The highest BCUT2D eigenvalue weighted by Crippen LogP contribution is 2.42. The number of hydrogen-bond donors (Lipinski definition) is 5. The normalized spacial score (nSPS) is 10.6. The second-order valence-electron chi connectivity index (χ2n) is 23.4. The van der Waals surface area contributed by atoms with Crippen molar-refractivity contribution in [3.8, 4) is 57.5 Å². The number of benzene rings is 10. The lowest BCUT2D eigenvalue weighted by Gasteiger charge is -2.12. The van der Waals surface area contributed by atoms with Crippen LogP contribution in [0.4, 0.5) is 61.9 Å². The maximum atomic E-state index is 14.0. The fraction of sp³-hybridized carbons (Fsp3) is 0.125. The van der Waals surface area contributed by atoms with Gasteiger partial charge in [-0.2, -0.15) is 0 Å². The summed E-state index contributed by atoms with van der Waals surface area (Å²) in [6.07, 6.45) is 7.37. The van der Waals surface area contributed by atoms with E-state index in [0.29, 0.717) is 128 Å². The Labute approximate surface area is 699 Å². The van der Waals surface area contributed by atoms with Crippen LogP contribution in [0.25, 0.3) is 54.5 Å². The Hall–Kier alpha value is -11.5. The zero-order chi connectivity index (χ0) is 81.1. The van der Waals surface area contributed by atoms with Crippen molar-refractivity contribution in [1.29, 1.82) is 0 Å². The third-order valence-corrected chi connectivity index (χ3v) is 20.2. The molecule has 5 aromatic heterocycles. The molecule has 0 aliphatic carbocycles. The Morgan fingerprint density at radius 3 is 0.877 bits per heavy atom. The Morgan fingerprint density at radius 2 is 0.561 bits per heavy atom. The molecule has 15 rings (SSSR count). The molecule has 10 aromatic carbocycles. The molecule has 0 unspecified atom stereocenters. The molecule has 5 heterocycles. The van der Waals surface area contributed by atoms with E-state index in [2.05, 4.69) is 108 Å². The number of ether oxygens (including phenoxy) is 10. The molecule has 0 aliphatic heterocycles. The SMILES string of the molecule is COc1cc2ncnc(Nc3ccc(Br)c(Cl)c3)c2cc1OC.COc1cc2ncnc(Nc3ccc(Cl)c(Br)c3)c2cc1OC.COc1cc2ncnc(Nc3ccc(Cl)c(Cl)c3)c2cc1OC.COc1cc2ncnc(Nc3ccc(Cl)cc3F)c2cc1OC.COc1cc2ncnc(Nc3cccc(Cl)c3)c2cc1OC. The number of methoxy groups -OCH3 is 10. The van der Waals surface area contributed by atoms with Crippen LogP contribution in [-0.4, -0.2) is 121 Å². The minimum atomic E-state index is -0.468. The molecule has 0 saturated heterocycles. The van der Waals surface area contributed by atoms with Gasteiger partial charge in [-0.25, -0.2) is 54.2 Å². The van der Waals surface area contributed by atoms with Gasteiger partial charge in [-0.1, -0.05) is 75.7 Å². The van der Waals surface area contributed by atoms with Crippen molar-refractivity contribution in [1.82, 2.24) is 49.8 Å². The van der Waals surface area contributed by atoms with Gasteiger partial charge < -0.3 is 74.0 Å². The predicted molar refractivity (Wildman–Crippen MR) is 457 cm³/mol. The first-order valence-corrected chi connectivity index (χ1v) is 37.3. The average Bonchev–Trinajstić information content (AvgIpc) is 0.814. The smallest absolute Gasteiger partial charge is 0.162 e. The lowest BCUT2D eigenvalue weighted by molar-refractivity contribution is 0.356. The first kappa shape index (κ1) is 83.5. The van der Waals surface area contributed by atoms with E-state index >= 15 is 0 Å². The maximum Gasteiger partial charge on any atom is 0.162 e. The van der Waals surface area contributed by atoms with Crippen LogP contribution in [0.15, 0.2) is 198 Å². The molecule has 0 aliphatic rings. The number of halogens is 9. The summed E-state index contributed by atoms with van der Waals surface area (Å²) in [7, 11) is 15.8. The highest BCUT2D eigenvalue weighted by Gasteiger charge is 2.19. The number of rotatable bonds is 20. The van der Waals surface area contributed by atoms with Gasteiger partial charge in [-0.05, 0) is 153 Å². The van der Waals surface area contributed by atoms with Crippen molar-refractivity contribution in [2.45, 2.75) is 0 Å². The Bertz CT molecular complexity index is 5640. The largest absolute Gasteiger partial charge is 0.493 e. The number of fused-ring (bicyclic) bond motifs is 5. The molecule has 0 atom stereocenters. The van der Waals surface area contributed by atoms with Crippen LogP contribution >= 0.6 is 101 Å². The van der Waals surface area contributed by atoms with Crippen LogP contribution in [0, 0.1) is 5.82 Å². The molecule has 0 saturated carbocycles. The van der Waals surface area contributed by atoms with Crippen molar-refractivity contribution in [2.24, 2.45) is 0 Å². The van der Waals surface area contributed by atoms with E-state index in [-0.39, 0.29) is 5.69 Å². The minimum Gasteiger partial charge on any atom is -0.493 e. The van der Waals surface area contributed by atoms with E-state index in [1.807, 2.05) is 103 Å². The van der Waals surface area contributed by atoms with Crippen molar-refractivity contribution in [2.75, 3.05) is 97.7 Å². The van der Waals surface area contributed by atoms with Crippen LogP contribution in [-0.2, 0) is 0 Å². The van der Waals surface area contributed by atoms with E-state index in [1.54, 1.807) is 120 Å². The molecule has 25 nitrogen and oxygen atoms in total. The molecule has 0 spiro atoms. The van der Waals surface area contributed by atoms with Crippen LogP contribution in [0.3, 0.4) is 0 Å². The van der Waals surface area contributed by atoms with E-state index < -0.39 is 5.82 Å². The summed E-state index contributed by atoms with van der Waals surface area (Å²) in [4.78, 5) is 42.7. The zero-order valence-electron chi connectivity index (χ0n) is 61.9. The fourth-order valence-electron chi connectivity index (χ4n) is 11.0. The summed E-state index contributed by atoms with van der Waals surface area (Å²) in [5.41, 5.74) is 7.23. The number of nitrogens with zero attached hydrogens (tertiary/aromatic N) is 10. The third-order valence-electron chi connectivity index (χ3n) is 16.5. The summed E-state index contributed by atoms with van der Waals surface area (Å²) < 4.78 is 68.7. The molecule has 0 amide bonds. The molecule has 5 N–H and O–H groups in total. The Kier molecular flexibility index (Phi) is 28.8. The summed E-state index contributed by atoms with van der Waals surface area (Å²) in [5.74, 6) is 8.67. The van der Waals surface area contributed by atoms with E-state index in [4.69, 9.17) is 117 Å². The molecule has 15 aromatic rings. The lowest BCUT2D eigenvalue weighted by atomic mass is 10.2. The molecule has 0 fully saturated rings. The number of anilines is 10. The van der Waals surface area contributed by atoms with Crippen molar-refractivity contribution >= 4 is 214 Å².